The number of aryl methyl sites for hydroxylation is 2. The Labute approximate surface area is 170 Å². The van der Waals surface area contributed by atoms with Crippen LogP contribution < -0.4 is 10.5 Å². The Bertz CT molecular complexity index is 684. The van der Waals surface area contributed by atoms with Gasteiger partial charge < -0.3 is 20.7 Å². The third-order valence-electron chi connectivity index (χ3n) is 4.84. The molecule has 4 heteroatoms. The van der Waals surface area contributed by atoms with Crippen LogP contribution in [0, 0.1) is 5.41 Å². The van der Waals surface area contributed by atoms with E-state index in [1.165, 1.54) is 5.56 Å². The highest BCUT2D eigenvalue weighted by Crippen LogP contribution is 2.29. The maximum Gasteiger partial charge on any atom is 0.126 e. The molecule has 0 spiro atoms. The number of rotatable bonds is 9. The minimum Gasteiger partial charge on any atom is -0.508 e. The van der Waals surface area contributed by atoms with Crippen molar-refractivity contribution in [3.05, 3.63) is 53.6 Å². The average Bonchev–Trinajstić information content (AvgIpc) is 2.69. The highest BCUT2D eigenvalue weighted by molar-refractivity contribution is 5.46. The number of hydrogen-bond acceptors (Lipinski definition) is 4. The van der Waals surface area contributed by atoms with Crippen molar-refractivity contribution in [3.63, 3.8) is 0 Å². The third kappa shape index (κ3) is 8.66. The molecule has 4 nitrogen and oxygen atoms in total. The lowest BCUT2D eigenvalue weighted by molar-refractivity contribution is 0.276. The molecule has 0 heterocycles. The van der Waals surface area contributed by atoms with Crippen molar-refractivity contribution in [3.8, 4) is 17.2 Å². The van der Waals surface area contributed by atoms with Crippen LogP contribution in [0.4, 0.5) is 0 Å². The van der Waals surface area contributed by atoms with E-state index in [9.17, 15) is 5.11 Å². The zero-order valence-electron chi connectivity index (χ0n) is 17.9. The predicted octanol–water partition coefficient (Wildman–Crippen LogP) is 5.44. The van der Waals surface area contributed by atoms with E-state index in [1.807, 2.05) is 13.0 Å². The van der Waals surface area contributed by atoms with E-state index in [0.717, 1.165) is 50.0 Å². The molecule has 0 saturated carbocycles. The molecule has 2 aromatic carbocycles. The van der Waals surface area contributed by atoms with Crippen molar-refractivity contribution in [2.45, 2.75) is 59.8 Å². The number of aromatic hydroxyl groups is 2. The largest absolute Gasteiger partial charge is 0.508 e. The molecule has 0 aliphatic carbocycles. The first kappa shape index (κ1) is 23.8. The van der Waals surface area contributed by atoms with Crippen LogP contribution in [0.5, 0.6) is 17.2 Å². The summed E-state index contributed by atoms with van der Waals surface area (Å²) in [5, 5.41) is 18.6. The monoisotopic (exact) mass is 387 g/mol. The van der Waals surface area contributed by atoms with Crippen LogP contribution in [0.2, 0.25) is 0 Å². The summed E-state index contributed by atoms with van der Waals surface area (Å²) in [5.74, 6) is 1.49. The second-order valence-electron chi connectivity index (χ2n) is 7.81. The minimum atomic E-state index is 0.218. The van der Waals surface area contributed by atoms with E-state index in [-0.39, 0.29) is 5.41 Å². The molecule has 2 aromatic rings. The van der Waals surface area contributed by atoms with E-state index in [0.29, 0.717) is 18.1 Å². The number of hydrogen-bond donors (Lipinski definition) is 3. The highest BCUT2D eigenvalue weighted by Gasteiger charge is 2.14. The molecule has 0 aliphatic heterocycles. The molecule has 0 fully saturated rings. The van der Waals surface area contributed by atoms with Gasteiger partial charge in [0, 0.05) is 6.07 Å². The van der Waals surface area contributed by atoms with Gasteiger partial charge in [0.15, 0.2) is 0 Å². The Morgan fingerprint density at radius 3 is 2.07 bits per heavy atom. The molecule has 0 radical (unpaired) electrons. The zero-order chi connectivity index (χ0) is 21.0. The van der Waals surface area contributed by atoms with Crippen LogP contribution in [-0.2, 0) is 12.8 Å². The van der Waals surface area contributed by atoms with Gasteiger partial charge in [0.05, 0.1) is 6.61 Å². The van der Waals surface area contributed by atoms with Gasteiger partial charge in [-0.3, -0.25) is 0 Å². The highest BCUT2D eigenvalue weighted by atomic mass is 16.5. The molecule has 0 aliphatic rings. The van der Waals surface area contributed by atoms with Crippen LogP contribution in [-0.4, -0.2) is 23.4 Å². The fraction of sp³-hybridized carbons (Fsp3) is 0.500. The smallest absolute Gasteiger partial charge is 0.126 e. The lowest BCUT2D eigenvalue weighted by atomic mass is 9.87. The van der Waals surface area contributed by atoms with Gasteiger partial charge in [-0.05, 0) is 73.4 Å². The summed E-state index contributed by atoms with van der Waals surface area (Å²) < 4.78 is 5.87. The molecule has 2 rings (SSSR count). The van der Waals surface area contributed by atoms with E-state index < -0.39 is 0 Å². The van der Waals surface area contributed by atoms with Crippen molar-refractivity contribution < 1.29 is 14.9 Å². The molecule has 0 bridgehead atoms. The van der Waals surface area contributed by atoms with Gasteiger partial charge >= 0.3 is 0 Å². The Morgan fingerprint density at radius 1 is 0.929 bits per heavy atom. The summed E-state index contributed by atoms with van der Waals surface area (Å²) in [7, 11) is 0. The molecular formula is C24H37NO3. The first-order chi connectivity index (χ1) is 13.3. The van der Waals surface area contributed by atoms with Crippen LogP contribution in [0.25, 0.3) is 0 Å². The number of benzene rings is 2. The van der Waals surface area contributed by atoms with Gasteiger partial charge in [0.25, 0.3) is 0 Å². The van der Waals surface area contributed by atoms with E-state index in [1.54, 1.807) is 30.3 Å². The SMILES string of the molecule is CCc1cc(CC)c(OCCCCC(C)(C)CN)cc1O.Oc1ccccc1. The van der Waals surface area contributed by atoms with E-state index in [2.05, 4.69) is 26.8 Å². The standard InChI is InChI=1S/C18H31NO2.C6H6O/c1-5-14-11-15(6-2)17(12-16(14)20)21-10-8-7-9-18(3,4)13-19;7-6-4-2-1-3-5-6/h11-12,20H,5-10,13,19H2,1-4H3;1-5,7H. The molecule has 0 amide bonds. The number of para-hydroxylation sites is 1. The number of nitrogens with two attached hydrogens (primary N) is 1. The Hall–Kier alpha value is -2.20. The quantitative estimate of drug-likeness (QED) is 0.501. The van der Waals surface area contributed by atoms with Crippen LogP contribution in [0.15, 0.2) is 42.5 Å². The van der Waals surface area contributed by atoms with Gasteiger partial charge in [0.1, 0.15) is 17.2 Å². The first-order valence-electron chi connectivity index (χ1n) is 10.2. The lowest BCUT2D eigenvalue weighted by Crippen LogP contribution is -2.23. The number of phenols is 2. The van der Waals surface area contributed by atoms with Crippen LogP contribution in [0.3, 0.4) is 0 Å². The average molecular weight is 388 g/mol. The van der Waals surface area contributed by atoms with Gasteiger partial charge in [-0.2, -0.15) is 0 Å². The molecule has 0 unspecified atom stereocenters. The summed E-state index contributed by atoms with van der Waals surface area (Å²) in [6.07, 6.45) is 5.01. The summed E-state index contributed by atoms with van der Waals surface area (Å²) in [6, 6.07) is 12.5. The summed E-state index contributed by atoms with van der Waals surface area (Å²) >= 11 is 0. The third-order valence-corrected chi connectivity index (χ3v) is 4.84. The van der Waals surface area contributed by atoms with E-state index in [4.69, 9.17) is 15.6 Å². The van der Waals surface area contributed by atoms with Crippen molar-refractivity contribution in [2.24, 2.45) is 11.1 Å². The summed E-state index contributed by atoms with van der Waals surface area (Å²) in [6.45, 7) is 9.98. The van der Waals surface area contributed by atoms with Crippen molar-refractivity contribution >= 4 is 0 Å². The number of unbranched alkanes of at least 4 members (excludes halogenated alkanes) is 1. The van der Waals surface area contributed by atoms with Crippen LogP contribution >= 0.6 is 0 Å². The lowest BCUT2D eigenvalue weighted by Gasteiger charge is -2.22. The predicted molar refractivity (Wildman–Crippen MR) is 117 cm³/mol. The zero-order valence-corrected chi connectivity index (χ0v) is 17.9. The maximum absolute atomic E-state index is 9.96. The summed E-state index contributed by atoms with van der Waals surface area (Å²) in [4.78, 5) is 0. The molecule has 28 heavy (non-hydrogen) atoms. The Balaban J connectivity index is 0.000000467. The van der Waals surface area contributed by atoms with Gasteiger partial charge in [-0.25, -0.2) is 0 Å². The summed E-state index contributed by atoms with van der Waals surface area (Å²) in [5.41, 5.74) is 8.12. The van der Waals surface area contributed by atoms with Crippen molar-refractivity contribution in [2.75, 3.05) is 13.2 Å². The van der Waals surface area contributed by atoms with Gasteiger partial charge in [0.2, 0.25) is 0 Å². The first-order valence-corrected chi connectivity index (χ1v) is 10.2. The van der Waals surface area contributed by atoms with Gasteiger partial charge in [-0.1, -0.05) is 45.9 Å². The molecule has 156 valence electrons. The maximum atomic E-state index is 9.96. The molecule has 4 N–H and O–H groups in total. The Morgan fingerprint density at radius 2 is 1.57 bits per heavy atom. The van der Waals surface area contributed by atoms with E-state index >= 15 is 0 Å². The number of phenolic OH excluding ortho intramolecular Hbond substituents is 2. The minimum absolute atomic E-state index is 0.218. The Kier molecular flexibility index (Phi) is 10.5. The normalized spacial score (nSPS) is 10.9. The molecule has 0 atom stereocenters. The number of ether oxygens (including phenoxy) is 1. The van der Waals surface area contributed by atoms with Crippen molar-refractivity contribution in [1.82, 2.24) is 0 Å². The molecule has 0 saturated heterocycles. The van der Waals surface area contributed by atoms with Gasteiger partial charge in [-0.15, -0.1) is 0 Å². The van der Waals surface area contributed by atoms with Crippen LogP contribution in [0.1, 0.15) is 58.1 Å². The fourth-order valence-corrected chi connectivity index (χ4v) is 2.78. The second kappa shape index (κ2) is 12.3. The topological polar surface area (TPSA) is 75.7 Å². The fourth-order valence-electron chi connectivity index (χ4n) is 2.78. The molecule has 0 aromatic heterocycles. The second-order valence-corrected chi connectivity index (χ2v) is 7.81. The molecular weight excluding hydrogens is 350 g/mol. The van der Waals surface area contributed by atoms with Crippen molar-refractivity contribution in [1.29, 1.82) is 0 Å².